The molecular weight excluding hydrogens is 274 g/mol. The van der Waals surface area contributed by atoms with Crippen LogP contribution in [0.5, 0.6) is 0 Å². The topological polar surface area (TPSA) is 43.1 Å². The minimum Gasteiger partial charge on any atom is -0.366 e. The number of primary amides is 1. The van der Waals surface area contributed by atoms with Crippen molar-refractivity contribution in [3.8, 4) is 0 Å². The molecule has 0 atom stereocenters. The third-order valence-electron chi connectivity index (χ3n) is 3.87. The highest BCUT2D eigenvalue weighted by atomic mass is 19.4. The van der Waals surface area contributed by atoms with E-state index in [0.717, 1.165) is 25.8 Å². The van der Waals surface area contributed by atoms with Gasteiger partial charge in [0, 0.05) is 0 Å². The maximum absolute atomic E-state index is 13.9. The van der Waals surface area contributed by atoms with Gasteiger partial charge in [-0.3, -0.25) is 4.79 Å². The van der Waals surface area contributed by atoms with E-state index in [9.17, 15) is 22.4 Å². The average molecular weight is 289 g/mol. The average Bonchev–Trinajstić information content (AvgIpc) is 2.83. The molecule has 2 rings (SSSR count). The molecule has 0 unspecified atom stereocenters. The number of benzene rings is 1. The SMILES string of the molecule is Cc1c(F)c(C(N)=O)cc(C2CCCC2)c1C(F)(F)F. The van der Waals surface area contributed by atoms with Gasteiger partial charge in [0.25, 0.3) is 5.91 Å². The lowest BCUT2D eigenvalue weighted by molar-refractivity contribution is -0.139. The van der Waals surface area contributed by atoms with E-state index in [1.807, 2.05) is 0 Å². The molecule has 0 heterocycles. The molecule has 6 heteroatoms. The Bertz CT molecular complexity index is 545. The van der Waals surface area contributed by atoms with Crippen LogP contribution in [0.25, 0.3) is 0 Å². The van der Waals surface area contributed by atoms with E-state index in [0.29, 0.717) is 12.8 Å². The molecule has 1 aliphatic rings. The van der Waals surface area contributed by atoms with Gasteiger partial charge in [-0.15, -0.1) is 0 Å². The summed E-state index contributed by atoms with van der Waals surface area (Å²) < 4.78 is 53.5. The zero-order valence-corrected chi connectivity index (χ0v) is 11.0. The molecule has 0 spiro atoms. The summed E-state index contributed by atoms with van der Waals surface area (Å²) in [5.41, 5.74) is 3.09. The van der Waals surface area contributed by atoms with E-state index < -0.39 is 34.6 Å². The molecule has 0 aromatic heterocycles. The Morgan fingerprint density at radius 2 is 1.85 bits per heavy atom. The summed E-state index contributed by atoms with van der Waals surface area (Å²) in [7, 11) is 0. The number of hydrogen-bond donors (Lipinski definition) is 1. The van der Waals surface area contributed by atoms with Gasteiger partial charge in [0.1, 0.15) is 5.82 Å². The molecular formula is C14H15F4NO. The van der Waals surface area contributed by atoms with E-state index >= 15 is 0 Å². The molecule has 0 bridgehead atoms. The van der Waals surface area contributed by atoms with E-state index in [2.05, 4.69) is 0 Å². The second-order valence-electron chi connectivity index (χ2n) is 5.17. The summed E-state index contributed by atoms with van der Waals surface area (Å²) in [6, 6.07) is 0.990. The van der Waals surface area contributed by atoms with Crippen molar-refractivity contribution in [2.24, 2.45) is 5.73 Å². The molecule has 1 aliphatic carbocycles. The monoisotopic (exact) mass is 289 g/mol. The Labute approximate surface area is 114 Å². The Morgan fingerprint density at radius 1 is 1.30 bits per heavy atom. The maximum Gasteiger partial charge on any atom is 0.417 e. The lowest BCUT2D eigenvalue weighted by Crippen LogP contribution is -2.20. The Balaban J connectivity index is 2.70. The highest BCUT2D eigenvalue weighted by Gasteiger charge is 2.39. The fourth-order valence-corrected chi connectivity index (χ4v) is 2.93. The van der Waals surface area contributed by atoms with Gasteiger partial charge in [0.05, 0.1) is 11.1 Å². The zero-order valence-electron chi connectivity index (χ0n) is 11.0. The van der Waals surface area contributed by atoms with Crippen LogP contribution in [-0.4, -0.2) is 5.91 Å². The van der Waals surface area contributed by atoms with Crippen molar-refractivity contribution in [1.29, 1.82) is 0 Å². The summed E-state index contributed by atoms with van der Waals surface area (Å²) in [6.45, 7) is 1.04. The van der Waals surface area contributed by atoms with Crippen LogP contribution in [0.2, 0.25) is 0 Å². The molecule has 1 amide bonds. The van der Waals surface area contributed by atoms with Crippen LogP contribution in [0.3, 0.4) is 0 Å². The second kappa shape index (κ2) is 5.07. The second-order valence-corrected chi connectivity index (χ2v) is 5.17. The van der Waals surface area contributed by atoms with Crippen molar-refractivity contribution < 1.29 is 22.4 Å². The Hall–Kier alpha value is -1.59. The predicted octanol–water partition coefficient (Wildman–Crippen LogP) is 3.91. The van der Waals surface area contributed by atoms with Gasteiger partial charge in [-0.25, -0.2) is 4.39 Å². The largest absolute Gasteiger partial charge is 0.417 e. The van der Waals surface area contributed by atoms with E-state index in [1.165, 1.54) is 0 Å². The Morgan fingerprint density at radius 3 is 2.30 bits per heavy atom. The van der Waals surface area contributed by atoms with Gasteiger partial charge >= 0.3 is 6.18 Å². The maximum atomic E-state index is 13.9. The molecule has 0 radical (unpaired) electrons. The fourth-order valence-electron chi connectivity index (χ4n) is 2.93. The number of rotatable bonds is 2. The minimum absolute atomic E-state index is 0.00250. The molecule has 0 aliphatic heterocycles. The molecule has 1 aromatic rings. The number of carbonyl (C=O) groups excluding carboxylic acids is 1. The van der Waals surface area contributed by atoms with E-state index in [-0.39, 0.29) is 11.5 Å². The molecule has 0 saturated heterocycles. The van der Waals surface area contributed by atoms with Gasteiger partial charge in [0.15, 0.2) is 0 Å². The first-order valence-electron chi connectivity index (χ1n) is 6.43. The first-order valence-corrected chi connectivity index (χ1v) is 6.43. The van der Waals surface area contributed by atoms with Crippen LogP contribution in [-0.2, 0) is 6.18 Å². The first kappa shape index (κ1) is 14.8. The van der Waals surface area contributed by atoms with Crippen molar-refractivity contribution in [1.82, 2.24) is 0 Å². The van der Waals surface area contributed by atoms with Crippen molar-refractivity contribution in [2.45, 2.75) is 44.7 Å². The summed E-state index contributed by atoms with van der Waals surface area (Å²) in [5.74, 6) is -2.51. The van der Waals surface area contributed by atoms with Crippen molar-refractivity contribution in [2.75, 3.05) is 0 Å². The fraction of sp³-hybridized carbons (Fsp3) is 0.500. The van der Waals surface area contributed by atoms with Crippen molar-refractivity contribution in [3.63, 3.8) is 0 Å². The molecule has 110 valence electrons. The molecule has 1 saturated carbocycles. The number of amides is 1. The van der Waals surface area contributed by atoms with Gasteiger partial charge < -0.3 is 5.73 Å². The molecule has 1 fully saturated rings. The van der Waals surface area contributed by atoms with Crippen LogP contribution < -0.4 is 5.73 Å². The predicted molar refractivity (Wildman–Crippen MR) is 65.9 cm³/mol. The molecule has 2 N–H and O–H groups in total. The lowest BCUT2D eigenvalue weighted by Gasteiger charge is -2.21. The highest BCUT2D eigenvalue weighted by Crippen LogP contribution is 2.44. The summed E-state index contributed by atoms with van der Waals surface area (Å²) >= 11 is 0. The Kier molecular flexibility index (Phi) is 3.75. The molecule has 2 nitrogen and oxygen atoms in total. The standard InChI is InChI=1S/C14H15F4NO/c1-7-11(14(16,17)18)9(8-4-2-3-5-8)6-10(12(7)15)13(19)20/h6,8H,2-5H2,1H3,(H2,19,20). The van der Waals surface area contributed by atoms with E-state index in [4.69, 9.17) is 5.73 Å². The number of alkyl halides is 3. The number of carbonyl (C=O) groups is 1. The first-order chi connectivity index (χ1) is 9.23. The lowest BCUT2D eigenvalue weighted by atomic mass is 9.87. The third-order valence-corrected chi connectivity index (χ3v) is 3.87. The molecule has 1 aromatic carbocycles. The zero-order chi connectivity index (χ0) is 15.1. The van der Waals surface area contributed by atoms with Crippen molar-refractivity contribution >= 4 is 5.91 Å². The smallest absolute Gasteiger partial charge is 0.366 e. The van der Waals surface area contributed by atoms with Gasteiger partial charge in [0.2, 0.25) is 0 Å². The normalized spacial score (nSPS) is 16.6. The summed E-state index contributed by atoms with van der Waals surface area (Å²) in [4.78, 5) is 11.2. The van der Waals surface area contributed by atoms with Crippen LogP contribution in [0.15, 0.2) is 6.07 Å². The van der Waals surface area contributed by atoms with E-state index in [1.54, 1.807) is 0 Å². The quantitative estimate of drug-likeness (QED) is 0.824. The van der Waals surface area contributed by atoms with Crippen molar-refractivity contribution in [3.05, 3.63) is 34.1 Å². The third kappa shape index (κ3) is 2.51. The van der Waals surface area contributed by atoms with Crippen LogP contribution in [0.4, 0.5) is 17.6 Å². The summed E-state index contributed by atoms with van der Waals surface area (Å²) in [5, 5.41) is 0. The van der Waals surface area contributed by atoms with Gasteiger partial charge in [-0.1, -0.05) is 12.8 Å². The minimum atomic E-state index is -4.64. The number of hydrogen-bond acceptors (Lipinski definition) is 1. The summed E-state index contributed by atoms with van der Waals surface area (Å²) in [6.07, 6.45) is -1.73. The molecule has 20 heavy (non-hydrogen) atoms. The van der Waals surface area contributed by atoms with Gasteiger partial charge in [-0.05, 0) is 42.9 Å². The van der Waals surface area contributed by atoms with Gasteiger partial charge in [-0.2, -0.15) is 13.2 Å². The highest BCUT2D eigenvalue weighted by molar-refractivity contribution is 5.93. The number of nitrogens with two attached hydrogens (primary N) is 1. The van der Waals surface area contributed by atoms with Crippen LogP contribution >= 0.6 is 0 Å². The van der Waals surface area contributed by atoms with Crippen LogP contribution in [0, 0.1) is 12.7 Å². The number of halogens is 4. The van der Waals surface area contributed by atoms with Crippen LogP contribution in [0.1, 0.15) is 58.6 Å².